The maximum Gasteiger partial charge on any atom is 0.101 e. The molecule has 0 bridgehead atoms. The molecule has 0 aliphatic rings. The number of rotatable bonds is 3. The van der Waals surface area contributed by atoms with Crippen LogP contribution < -0.4 is 5.32 Å². The van der Waals surface area contributed by atoms with E-state index in [1.54, 1.807) is 11.3 Å². The first-order valence-electron chi connectivity index (χ1n) is 4.45. The molecule has 13 heavy (non-hydrogen) atoms. The average Bonchev–Trinajstić information content (AvgIpc) is 2.50. The number of thiophene rings is 1. The molecular weight excluding hydrogens is 182 g/mol. The minimum Gasteiger partial charge on any atom is -0.386 e. The van der Waals surface area contributed by atoms with Crippen molar-refractivity contribution >= 4 is 11.3 Å². The third-order valence-corrected chi connectivity index (χ3v) is 2.67. The Balaban J connectivity index is 2.39. The molecule has 3 heteroatoms. The quantitative estimate of drug-likeness (QED) is 0.782. The fourth-order valence-electron chi connectivity index (χ4n) is 0.984. The highest BCUT2D eigenvalue weighted by molar-refractivity contribution is 7.10. The van der Waals surface area contributed by atoms with Gasteiger partial charge < -0.3 is 10.4 Å². The van der Waals surface area contributed by atoms with Gasteiger partial charge in [-0.3, -0.25) is 0 Å². The van der Waals surface area contributed by atoms with E-state index in [0.717, 1.165) is 4.88 Å². The summed E-state index contributed by atoms with van der Waals surface area (Å²) in [6.45, 7) is 6.89. The van der Waals surface area contributed by atoms with Crippen LogP contribution in [0.4, 0.5) is 0 Å². The van der Waals surface area contributed by atoms with Crippen LogP contribution in [0.15, 0.2) is 17.5 Å². The summed E-state index contributed by atoms with van der Waals surface area (Å²) in [5.41, 5.74) is 0.0677. The predicted molar refractivity (Wildman–Crippen MR) is 57.0 cm³/mol. The van der Waals surface area contributed by atoms with Gasteiger partial charge in [-0.1, -0.05) is 6.07 Å². The Morgan fingerprint density at radius 1 is 1.54 bits per heavy atom. The first kappa shape index (κ1) is 10.7. The van der Waals surface area contributed by atoms with Crippen LogP contribution in [0.2, 0.25) is 0 Å². The molecule has 2 N–H and O–H groups in total. The highest BCUT2D eigenvalue weighted by atomic mass is 32.1. The molecule has 0 saturated heterocycles. The second-order valence-electron chi connectivity index (χ2n) is 4.16. The Kier molecular flexibility index (Phi) is 3.47. The van der Waals surface area contributed by atoms with Gasteiger partial charge in [0.15, 0.2) is 0 Å². The number of aliphatic hydroxyl groups excluding tert-OH is 1. The lowest BCUT2D eigenvalue weighted by atomic mass is 10.1. The molecule has 1 aromatic rings. The molecule has 1 heterocycles. The molecule has 74 valence electrons. The van der Waals surface area contributed by atoms with Gasteiger partial charge in [0.2, 0.25) is 0 Å². The van der Waals surface area contributed by atoms with E-state index in [9.17, 15) is 5.11 Å². The molecule has 1 unspecified atom stereocenters. The Bertz CT molecular complexity index is 238. The second-order valence-corrected chi connectivity index (χ2v) is 5.14. The summed E-state index contributed by atoms with van der Waals surface area (Å²) in [4.78, 5) is 1.02. The Hall–Kier alpha value is -0.380. The fraction of sp³-hybridized carbons (Fsp3) is 0.600. The molecule has 0 aliphatic carbocycles. The summed E-state index contributed by atoms with van der Waals surface area (Å²) < 4.78 is 0. The van der Waals surface area contributed by atoms with Gasteiger partial charge in [0.1, 0.15) is 6.10 Å². The van der Waals surface area contributed by atoms with Gasteiger partial charge in [0.25, 0.3) is 0 Å². The first-order chi connectivity index (χ1) is 5.99. The van der Waals surface area contributed by atoms with Crippen LogP contribution in [0.25, 0.3) is 0 Å². The van der Waals surface area contributed by atoms with Gasteiger partial charge >= 0.3 is 0 Å². The SMILES string of the molecule is CC(C)(C)NCC(O)c1cccs1. The largest absolute Gasteiger partial charge is 0.386 e. The average molecular weight is 199 g/mol. The van der Waals surface area contributed by atoms with Gasteiger partial charge in [-0.2, -0.15) is 0 Å². The molecule has 0 aliphatic heterocycles. The molecule has 0 saturated carbocycles. The van der Waals surface area contributed by atoms with Crippen LogP contribution in [0, 0.1) is 0 Å². The molecular formula is C10H17NOS. The molecule has 0 fully saturated rings. The Morgan fingerprint density at radius 3 is 2.69 bits per heavy atom. The van der Waals surface area contributed by atoms with Crippen molar-refractivity contribution in [3.63, 3.8) is 0 Å². The van der Waals surface area contributed by atoms with Crippen molar-refractivity contribution in [1.82, 2.24) is 5.32 Å². The minimum absolute atomic E-state index is 0.0677. The van der Waals surface area contributed by atoms with Crippen LogP contribution in [0.1, 0.15) is 31.8 Å². The van der Waals surface area contributed by atoms with Crippen LogP contribution in [0.3, 0.4) is 0 Å². The predicted octanol–water partition coefficient (Wildman–Crippen LogP) is 2.17. The van der Waals surface area contributed by atoms with E-state index in [0.29, 0.717) is 6.54 Å². The van der Waals surface area contributed by atoms with Crippen molar-refractivity contribution in [2.24, 2.45) is 0 Å². The molecule has 0 aromatic carbocycles. The zero-order valence-electron chi connectivity index (χ0n) is 8.37. The highest BCUT2D eigenvalue weighted by Crippen LogP contribution is 2.18. The topological polar surface area (TPSA) is 32.3 Å². The van der Waals surface area contributed by atoms with Crippen molar-refractivity contribution in [3.05, 3.63) is 22.4 Å². The van der Waals surface area contributed by atoms with Crippen molar-refractivity contribution in [1.29, 1.82) is 0 Å². The Morgan fingerprint density at radius 2 is 2.23 bits per heavy atom. The molecule has 2 nitrogen and oxygen atoms in total. The van der Waals surface area contributed by atoms with E-state index in [1.165, 1.54) is 0 Å². The number of hydrogen-bond donors (Lipinski definition) is 2. The number of hydrogen-bond acceptors (Lipinski definition) is 3. The fourth-order valence-corrected chi connectivity index (χ4v) is 1.70. The van der Waals surface area contributed by atoms with E-state index in [2.05, 4.69) is 26.1 Å². The highest BCUT2D eigenvalue weighted by Gasteiger charge is 2.13. The van der Waals surface area contributed by atoms with E-state index in [1.807, 2.05) is 17.5 Å². The van der Waals surface area contributed by atoms with E-state index in [4.69, 9.17) is 0 Å². The zero-order chi connectivity index (χ0) is 9.90. The summed E-state index contributed by atoms with van der Waals surface area (Å²) in [6, 6.07) is 3.92. The van der Waals surface area contributed by atoms with Gasteiger partial charge in [0, 0.05) is 17.0 Å². The summed E-state index contributed by atoms with van der Waals surface area (Å²) in [6.07, 6.45) is -0.376. The van der Waals surface area contributed by atoms with E-state index >= 15 is 0 Å². The van der Waals surface area contributed by atoms with Crippen molar-refractivity contribution in [3.8, 4) is 0 Å². The third kappa shape index (κ3) is 3.89. The van der Waals surface area contributed by atoms with E-state index < -0.39 is 0 Å². The number of nitrogens with one attached hydrogen (secondary N) is 1. The minimum atomic E-state index is -0.376. The lowest BCUT2D eigenvalue weighted by Crippen LogP contribution is -2.38. The summed E-state index contributed by atoms with van der Waals surface area (Å²) in [5, 5.41) is 15.0. The molecule has 0 radical (unpaired) electrons. The first-order valence-corrected chi connectivity index (χ1v) is 5.33. The molecule has 1 aromatic heterocycles. The molecule has 1 atom stereocenters. The van der Waals surface area contributed by atoms with Crippen LogP contribution in [-0.4, -0.2) is 17.2 Å². The van der Waals surface area contributed by atoms with Gasteiger partial charge in [-0.05, 0) is 32.2 Å². The van der Waals surface area contributed by atoms with Crippen LogP contribution in [-0.2, 0) is 0 Å². The van der Waals surface area contributed by atoms with Crippen molar-refractivity contribution in [2.75, 3.05) is 6.54 Å². The summed E-state index contributed by atoms with van der Waals surface area (Å²) in [7, 11) is 0. The van der Waals surface area contributed by atoms with Gasteiger partial charge in [0.05, 0.1) is 0 Å². The zero-order valence-corrected chi connectivity index (χ0v) is 9.19. The number of β-amino-alcohol motifs (C(OH)–C–C–N with tert-alkyl or cyclic N) is 1. The number of aliphatic hydroxyl groups is 1. The lowest BCUT2D eigenvalue weighted by molar-refractivity contribution is 0.167. The monoisotopic (exact) mass is 199 g/mol. The van der Waals surface area contributed by atoms with Crippen molar-refractivity contribution in [2.45, 2.75) is 32.4 Å². The molecule has 0 spiro atoms. The third-order valence-electron chi connectivity index (χ3n) is 1.70. The van der Waals surface area contributed by atoms with Gasteiger partial charge in [-0.25, -0.2) is 0 Å². The standard InChI is InChI=1S/C10H17NOS/c1-10(2,3)11-7-8(12)9-5-4-6-13-9/h4-6,8,11-12H,7H2,1-3H3. The lowest BCUT2D eigenvalue weighted by Gasteiger charge is -2.22. The second kappa shape index (κ2) is 4.22. The maximum absolute atomic E-state index is 9.72. The smallest absolute Gasteiger partial charge is 0.101 e. The van der Waals surface area contributed by atoms with E-state index in [-0.39, 0.29) is 11.6 Å². The Labute approximate surface area is 83.6 Å². The van der Waals surface area contributed by atoms with Gasteiger partial charge in [-0.15, -0.1) is 11.3 Å². The normalized spacial score (nSPS) is 14.5. The van der Waals surface area contributed by atoms with Crippen LogP contribution in [0.5, 0.6) is 0 Å². The molecule has 0 amide bonds. The molecule has 1 rings (SSSR count). The van der Waals surface area contributed by atoms with Crippen LogP contribution >= 0.6 is 11.3 Å². The summed E-state index contributed by atoms with van der Waals surface area (Å²) >= 11 is 1.59. The maximum atomic E-state index is 9.72. The summed E-state index contributed by atoms with van der Waals surface area (Å²) in [5.74, 6) is 0. The van der Waals surface area contributed by atoms with Crippen molar-refractivity contribution < 1.29 is 5.11 Å².